The Morgan fingerprint density at radius 1 is 1.03 bits per heavy atom. The molecule has 0 aliphatic rings. The van der Waals surface area contributed by atoms with Crippen molar-refractivity contribution in [3.8, 4) is 0 Å². The molecule has 2 aromatic heterocycles. The Bertz CT molecular complexity index is 1160. The van der Waals surface area contributed by atoms with Crippen LogP contribution in [0.1, 0.15) is 24.2 Å². The van der Waals surface area contributed by atoms with E-state index in [-0.39, 0.29) is 25.9 Å². The van der Waals surface area contributed by atoms with E-state index in [0.717, 1.165) is 0 Å². The maximum atomic E-state index is 12.6. The van der Waals surface area contributed by atoms with Gasteiger partial charge in [0, 0.05) is 0 Å². The molecule has 0 aliphatic carbocycles. The number of rotatable bonds is 9. The molecular weight excluding hydrogens is 469 g/mol. The molecule has 0 saturated heterocycles. The minimum absolute atomic E-state index is 0.0297. The molecule has 1 amide bonds. The zero-order valence-corrected chi connectivity index (χ0v) is 19.7. The van der Waals surface area contributed by atoms with Crippen LogP contribution in [-0.4, -0.2) is 52.0 Å². The third kappa shape index (κ3) is 5.59. The maximum absolute atomic E-state index is 12.6. The Kier molecular flexibility index (Phi) is 7.27. The molecule has 2 aromatic carbocycles. The van der Waals surface area contributed by atoms with E-state index in [1.165, 1.54) is 10.8 Å². The summed E-state index contributed by atoms with van der Waals surface area (Å²) in [6.45, 7) is 5.61. The van der Waals surface area contributed by atoms with Crippen LogP contribution >= 0.6 is 0 Å². The van der Waals surface area contributed by atoms with Crippen LogP contribution in [0.5, 0.6) is 0 Å². The van der Waals surface area contributed by atoms with Crippen LogP contribution in [0.4, 0.5) is 5.82 Å². The molecule has 0 radical (unpaired) electrons. The topological polar surface area (TPSA) is 81.9 Å². The number of anilines is 1. The number of imidazole rings is 1. The van der Waals surface area contributed by atoms with Gasteiger partial charge in [-0.2, -0.15) is 0 Å². The van der Waals surface area contributed by atoms with E-state index in [2.05, 4.69) is 58.4 Å². The van der Waals surface area contributed by atoms with Crippen molar-refractivity contribution in [2.75, 3.05) is 11.9 Å². The fourth-order valence-corrected chi connectivity index (χ4v) is 5.21. The molecule has 0 saturated carbocycles. The molecule has 1 N–H and O–H groups in total. The first-order valence-electron chi connectivity index (χ1n) is 10.5. The predicted octanol–water partition coefficient (Wildman–Crippen LogP) is 3.11. The Hall–Kier alpha value is -3.06. The molecule has 164 valence electrons. The number of benzene rings is 2. The van der Waals surface area contributed by atoms with E-state index in [1.54, 1.807) is 18.5 Å². The Morgan fingerprint density at radius 2 is 1.75 bits per heavy atom. The van der Waals surface area contributed by atoms with Gasteiger partial charge in [-0.25, -0.2) is 0 Å². The van der Waals surface area contributed by atoms with Crippen LogP contribution in [0, 0.1) is 5.92 Å². The van der Waals surface area contributed by atoms with Gasteiger partial charge in [0.05, 0.1) is 0 Å². The minimum atomic E-state index is -0.231. The fraction of sp³-hybridized carbons (Fsp3) is 0.250. The first-order valence-corrected chi connectivity index (χ1v) is 12.3. The summed E-state index contributed by atoms with van der Waals surface area (Å²) in [4.78, 5) is 25.7. The second-order valence-corrected chi connectivity index (χ2v) is 10.3. The monoisotopic (exact) mass is 495 g/mol. The van der Waals surface area contributed by atoms with Gasteiger partial charge in [0.25, 0.3) is 0 Å². The van der Waals surface area contributed by atoms with Gasteiger partial charge in [0.2, 0.25) is 0 Å². The summed E-state index contributed by atoms with van der Waals surface area (Å²) < 4.78 is 9.51. The molecular formula is C24H25N5O2Se. The van der Waals surface area contributed by atoms with Gasteiger partial charge in [-0.05, 0) is 0 Å². The summed E-state index contributed by atoms with van der Waals surface area (Å²) in [6.07, 6.45) is 3.19. The summed E-state index contributed by atoms with van der Waals surface area (Å²) in [5.74, 6) is 0.618. The van der Waals surface area contributed by atoms with Crippen molar-refractivity contribution in [2.24, 2.45) is 5.92 Å². The Labute approximate surface area is 193 Å². The molecule has 32 heavy (non-hydrogen) atoms. The SMILES string of the molecule is CC(C)COC(Cn1cnc2c(NC(=O)c3ccccc3)ncnc21)[Se]c1ccccc1. The number of carbonyl (C=O) groups excluding carboxylic acids is 1. The molecule has 0 fully saturated rings. The van der Waals surface area contributed by atoms with Crippen molar-refractivity contribution in [1.82, 2.24) is 19.5 Å². The molecule has 1 atom stereocenters. The average molecular weight is 494 g/mol. The number of nitrogens with one attached hydrogen (secondary N) is 1. The Morgan fingerprint density at radius 3 is 2.47 bits per heavy atom. The van der Waals surface area contributed by atoms with Gasteiger partial charge in [0.15, 0.2) is 0 Å². The van der Waals surface area contributed by atoms with Crippen molar-refractivity contribution in [2.45, 2.75) is 25.4 Å². The normalized spacial score (nSPS) is 12.2. The van der Waals surface area contributed by atoms with E-state index in [9.17, 15) is 4.79 Å². The van der Waals surface area contributed by atoms with E-state index in [4.69, 9.17) is 4.74 Å². The molecule has 2 heterocycles. The summed E-state index contributed by atoms with van der Waals surface area (Å²) in [6, 6.07) is 19.4. The predicted molar refractivity (Wildman–Crippen MR) is 126 cm³/mol. The van der Waals surface area contributed by atoms with E-state index in [0.29, 0.717) is 41.6 Å². The zero-order chi connectivity index (χ0) is 22.3. The molecule has 1 unspecified atom stereocenters. The van der Waals surface area contributed by atoms with Gasteiger partial charge in [0.1, 0.15) is 0 Å². The summed E-state index contributed by atoms with van der Waals surface area (Å²) in [5, 5.41) is 2.88. The van der Waals surface area contributed by atoms with Gasteiger partial charge in [-0.15, -0.1) is 0 Å². The van der Waals surface area contributed by atoms with Gasteiger partial charge >= 0.3 is 193 Å². The van der Waals surface area contributed by atoms with Crippen molar-refractivity contribution in [3.05, 3.63) is 78.9 Å². The average Bonchev–Trinajstić information content (AvgIpc) is 3.22. The van der Waals surface area contributed by atoms with Crippen molar-refractivity contribution < 1.29 is 9.53 Å². The quantitative estimate of drug-likeness (QED) is 0.362. The van der Waals surface area contributed by atoms with Crippen LogP contribution in [-0.2, 0) is 11.3 Å². The van der Waals surface area contributed by atoms with Gasteiger partial charge < -0.3 is 0 Å². The number of hydrogen-bond acceptors (Lipinski definition) is 5. The van der Waals surface area contributed by atoms with E-state index in [1.807, 2.05) is 28.8 Å². The Balaban J connectivity index is 1.55. The third-order valence-corrected chi connectivity index (χ3v) is 6.93. The number of hydrogen-bond donors (Lipinski definition) is 1. The van der Waals surface area contributed by atoms with Crippen molar-refractivity contribution in [1.29, 1.82) is 0 Å². The van der Waals surface area contributed by atoms with E-state index < -0.39 is 0 Å². The van der Waals surface area contributed by atoms with Crippen molar-refractivity contribution >= 4 is 42.3 Å². The number of amides is 1. The number of ether oxygens (including phenoxy) is 1. The van der Waals surface area contributed by atoms with Crippen LogP contribution < -0.4 is 9.78 Å². The first kappa shape index (κ1) is 22.1. The molecule has 7 nitrogen and oxygen atoms in total. The summed E-state index contributed by atoms with van der Waals surface area (Å²) in [7, 11) is 0. The van der Waals surface area contributed by atoms with Crippen LogP contribution in [0.2, 0.25) is 0 Å². The number of nitrogens with zero attached hydrogens (tertiary/aromatic N) is 4. The molecule has 0 bridgehead atoms. The van der Waals surface area contributed by atoms with Crippen LogP contribution in [0.25, 0.3) is 11.2 Å². The standard InChI is InChI=1S/C24H25N5O2Se/c1-17(2)14-31-20(32-19-11-7-4-8-12-19)13-29-16-27-21-22(25-15-26-23(21)29)28-24(30)18-9-5-3-6-10-18/h3-12,15-17,20H,13-14H2,1-2H3,(H,25,26,28,30). The molecule has 4 aromatic rings. The molecule has 0 spiro atoms. The van der Waals surface area contributed by atoms with Crippen LogP contribution in [0.3, 0.4) is 0 Å². The fourth-order valence-electron chi connectivity index (χ4n) is 3.11. The first-order chi connectivity index (χ1) is 15.6. The zero-order valence-electron chi connectivity index (χ0n) is 18.0. The number of fused-ring (bicyclic) bond motifs is 1. The second kappa shape index (κ2) is 10.5. The molecule has 8 heteroatoms. The van der Waals surface area contributed by atoms with Gasteiger partial charge in [-0.1, -0.05) is 0 Å². The molecule has 0 aliphatic heterocycles. The second-order valence-electron chi connectivity index (χ2n) is 7.70. The number of aromatic nitrogens is 4. The summed E-state index contributed by atoms with van der Waals surface area (Å²) >= 11 is 0.129. The van der Waals surface area contributed by atoms with Gasteiger partial charge in [-0.3, -0.25) is 0 Å². The van der Waals surface area contributed by atoms with Crippen LogP contribution in [0.15, 0.2) is 73.3 Å². The van der Waals surface area contributed by atoms with Crippen molar-refractivity contribution in [3.63, 3.8) is 0 Å². The van der Waals surface area contributed by atoms with E-state index >= 15 is 0 Å². The third-order valence-electron chi connectivity index (χ3n) is 4.64. The number of carbonyl (C=O) groups is 1. The molecule has 4 rings (SSSR count). The summed E-state index contributed by atoms with van der Waals surface area (Å²) in [5.41, 5.74) is 1.79.